The Kier molecular flexibility index (Phi) is 8.05. The smallest absolute Gasteiger partial charge is 0.416 e. The lowest BCUT2D eigenvalue weighted by molar-refractivity contribution is -0.158. The summed E-state index contributed by atoms with van der Waals surface area (Å²) in [5, 5.41) is 2.53. The molecule has 1 aliphatic heterocycles. The van der Waals surface area contributed by atoms with Crippen LogP contribution in [0.2, 0.25) is 0 Å². The molecule has 0 aromatic carbocycles. The standard InChI is InChI=1S/C22H34N2O7/c1-10-12-22(17(26)29-11-2)16(25)14(3)15(13-23-18(27)30-20(4,5)6)24(22)19(28)31-21(7,8)9/h10H,1,11-13H2,2-9H3,(H,23,27)/t22-/m1/s1. The van der Waals surface area contributed by atoms with E-state index in [-0.39, 0.29) is 30.8 Å². The Balaban J connectivity index is 3.46. The Labute approximate surface area is 183 Å². The van der Waals surface area contributed by atoms with Crippen LogP contribution in [0.3, 0.4) is 0 Å². The molecule has 0 aromatic heterocycles. The minimum atomic E-state index is -1.99. The van der Waals surface area contributed by atoms with Gasteiger partial charge in [0.15, 0.2) is 5.78 Å². The number of carbonyl (C=O) groups is 4. The maximum absolute atomic E-state index is 13.3. The van der Waals surface area contributed by atoms with Gasteiger partial charge in [0.2, 0.25) is 5.54 Å². The molecule has 0 fully saturated rings. The monoisotopic (exact) mass is 438 g/mol. The van der Waals surface area contributed by atoms with Gasteiger partial charge in [-0.15, -0.1) is 6.58 Å². The van der Waals surface area contributed by atoms with E-state index in [0.717, 1.165) is 4.90 Å². The average Bonchev–Trinajstić information content (AvgIpc) is 2.80. The van der Waals surface area contributed by atoms with Gasteiger partial charge in [-0.25, -0.2) is 14.4 Å². The van der Waals surface area contributed by atoms with Crippen molar-refractivity contribution in [3.8, 4) is 0 Å². The van der Waals surface area contributed by atoms with Gasteiger partial charge in [0, 0.05) is 12.0 Å². The molecular weight excluding hydrogens is 404 g/mol. The van der Waals surface area contributed by atoms with Crippen molar-refractivity contribution in [2.24, 2.45) is 0 Å². The van der Waals surface area contributed by atoms with E-state index in [4.69, 9.17) is 14.2 Å². The van der Waals surface area contributed by atoms with Crippen molar-refractivity contribution in [1.82, 2.24) is 10.2 Å². The molecule has 0 spiro atoms. The number of nitrogens with one attached hydrogen (secondary N) is 1. The van der Waals surface area contributed by atoms with Crippen molar-refractivity contribution in [2.45, 2.75) is 78.6 Å². The quantitative estimate of drug-likeness (QED) is 0.292. The Morgan fingerprint density at radius 1 is 1.10 bits per heavy atom. The molecule has 0 saturated carbocycles. The van der Waals surface area contributed by atoms with Gasteiger partial charge >= 0.3 is 18.2 Å². The van der Waals surface area contributed by atoms with Gasteiger partial charge in [0.1, 0.15) is 11.2 Å². The third-order valence-electron chi connectivity index (χ3n) is 4.23. The van der Waals surface area contributed by atoms with E-state index in [2.05, 4.69) is 11.9 Å². The largest absolute Gasteiger partial charge is 0.464 e. The molecule has 0 bridgehead atoms. The molecule has 174 valence electrons. The number of rotatable bonds is 6. The van der Waals surface area contributed by atoms with Gasteiger partial charge in [-0.1, -0.05) is 6.08 Å². The number of nitrogens with zero attached hydrogens (tertiary/aromatic N) is 1. The highest BCUT2D eigenvalue weighted by Crippen LogP contribution is 2.39. The molecule has 0 saturated heterocycles. The van der Waals surface area contributed by atoms with Gasteiger partial charge in [-0.2, -0.15) is 0 Å². The summed E-state index contributed by atoms with van der Waals surface area (Å²) >= 11 is 0. The first-order valence-electron chi connectivity index (χ1n) is 10.1. The van der Waals surface area contributed by atoms with Crippen LogP contribution in [-0.2, 0) is 23.8 Å². The first kappa shape index (κ1) is 26.2. The summed E-state index contributed by atoms with van der Waals surface area (Å²) in [6.45, 7) is 16.6. The van der Waals surface area contributed by atoms with Crippen LogP contribution in [0.25, 0.3) is 0 Å². The molecule has 1 rings (SSSR count). The number of ketones is 1. The molecule has 0 radical (unpaired) electrons. The SMILES string of the molecule is C=CC[C@]1(C(=O)OCC)C(=O)C(C)=C(CNC(=O)OC(C)(C)C)N1C(=O)OC(C)(C)C. The third-order valence-corrected chi connectivity index (χ3v) is 4.23. The van der Waals surface area contributed by atoms with Crippen molar-refractivity contribution in [1.29, 1.82) is 0 Å². The van der Waals surface area contributed by atoms with Crippen LogP contribution < -0.4 is 5.32 Å². The summed E-state index contributed by atoms with van der Waals surface area (Å²) in [6, 6.07) is 0. The number of Topliss-reactive ketones (excluding diaryl/α,β-unsaturated/α-hetero) is 1. The summed E-state index contributed by atoms with van der Waals surface area (Å²) in [6.07, 6.45) is -0.462. The van der Waals surface area contributed by atoms with Crippen LogP contribution in [0, 0.1) is 0 Å². The molecular formula is C22H34N2O7. The summed E-state index contributed by atoms with van der Waals surface area (Å²) < 4.78 is 15.9. The highest BCUT2D eigenvalue weighted by Gasteiger charge is 2.60. The Hall–Kier alpha value is -2.84. The molecule has 0 unspecified atom stereocenters. The summed E-state index contributed by atoms with van der Waals surface area (Å²) in [5.74, 6) is -1.50. The minimum absolute atomic E-state index is 0.0116. The van der Waals surface area contributed by atoms with Gasteiger partial charge in [-0.05, 0) is 55.4 Å². The number of alkyl carbamates (subject to hydrolysis) is 1. The maximum atomic E-state index is 13.3. The Bertz CT molecular complexity index is 787. The second-order valence-electron chi connectivity index (χ2n) is 9.15. The lowest BCUT2D eigenvalue weighted by atomic mass is 9.88. The van der Waals surface area contributed by atoms with Crippen LogP contribution >= 0.6 is 0 Å². The summed E-state index contributed by atoms with van der Waals surface area (Å²) in [4.78, 5) is 52.6. The van der Waals surface area contributed by atoms with E-state index in [0.29, 0.717) is 0 Å². The predicted octanol–water partition coefficient (Wildman–Crippen LogP) is 3.48. The molecule has 1 heterocycles. The first-order valence-corrected chi connectivity index (χ1v) is 10.1. The van der Waals surface area contributed by atoms with E-state index < -0.39 is 40.7 Å². The highest BCUT2D eigenvalue weighted by atomic mass is 16.6. The van der Waals surface area contributed by atoms with Crippen molar-refractivity contribution in [3.05, 3.63) is 23.9 Å². The minimum Gasteiger partial charge on any atom is -0.464 e. The summed E-state index contributed by atoms with van der Waals surface area (Å²) in [5.41, 5.74) is -3.36. The molecule has 31 heavy (non-hydrogen) atoms. The zero-order chi connectivity index (χ0) is 24.2. The predicted molar refractivity (Wildman–Crippen MR) is 114 cm³/mol. The van der Waals surface area contributed by atoms with Gasteiger partial charge < -0.3 is 19.5 Å². The van der Waals surface area contributed by atoms with Crippen LogP contribution in [0.5, 0.6) is 0 Å². The average molecular weight is 439 g/mol. The lowest BCUT2D eigenvalue weighted by Gasteiger charge is -2.36. The zero-order valence-electron chi connectivity index (χ0n) is 19.7. The molecule has 0 aliphatic carbocycles. The van der Waals surface area contributed by atoms with E-state index in [1.807, 2.05) is 0 Å². The van der Waals surface area contributed by atoms with Crippen LogP contribution in [0.4, 0.5) is 9.59 Å². The topological polar surface area (TPSA) is 111 Å². The second-order valence-corrected chi connectivity index (χ2v) is 9.15. The highest BCUT2D eigenvalue weighted by molar-refractivity contribution is 6.20. The van der Waals surface area contributed by atoms with E-state index >= 15 is 0 Å². The number of hydrogen-bond acceptors (Lipinski definition) is 7. The third kappa shape index (κ3) is 6.08. The van der Waals surface area contributed by atoms with Crippen molar-refractivity contribution in [2.75, 3.05) is 13.2 Å². The molecule has 9 nitrogen and oxygen atoms in total. The maximum Gasteiger partial charge on any atom is 0.416 e. The molecule has 0 aromatic rings. The van der Waals surface area contributed by atoms with Crippen molar-refractivity contribution in [3.63, 3.8) is 0 Å². The van der Waals surface area contributed by atoms with Gasteiger partial charge in [0.05, 0.1) is 18.8 Å². The fraction of sp³-hybridized carbons (Fsp3) is 0.636. The number of amides is 2. The van der Waals surface area contributed by atoms with Crippen molar-refractivity contribution < 1.29 is 33.4 Å². The molecule has 1 aliphatic rings. The molecule has 1 N–H and O–H groups in total. The molecule has 2 amide bonds. The van der Waals surface area contributed by atoms with E-state index in [1.165, 1.54) is 13.0 Å². The Morgan fingerprint density at radius 2 is 1.65 bits per heavy atom. The fourth-order valence-corrected chi connectivity index (χ4v) is 3.11. The summed E-state index contributed by atoms with van der Waals surface area (Å²) in [7, 11) is 0. The number of carbonyl (C=O) groups excluding carboxylic acids is 4. The number of esters is 1. The number of ether oxygens (including phenoxy) is 3. The number of hydrogen-bond donors (Lipinski definition) is 1. The van der Waals surface area contributed by atoms with E-state index in [9.17, 15) is 19.2 Å². The zero-order valence-corrected chi connectivity index (χ0v) is 19.7. The molecule has 9 heteroatoms. The van der Waals surface area contributed by atoms with E-state index in [1.54, 1.807) is 48.5 Å². The normalized spacial score (nSPS) is 19.2. The molecule has 1 atom stereocenters. The first-order chi connectivity index (χ1) is 14.1. The van der Waals surface area contributed by atoms with Gasteiger partial charge in [-0.3, -0.25) is 9.69 Å². The van der Waals surface area contributed by atoms with Crippen molar-refractivity contribution >= 4 is 23.9 Å². The van der Waals surface area contributed by atoms with Crippen LogP contribution in [0.1, 0.15) is 61.8 Å². The van der Waals surface area contributed by atoms with Gasteiger partial charge in [0.25, 0.3) is 0 Å². The Morgan fingerprint density at radius 3 is 2.10 bits per heavy atom. The fourth-order valence-electron chi connectivity index (χ4n) is 3.11. The lowest BCUT2D eigenvalue weighted by Crippen LogP contribution is -2.59. The van der Waals surface area contributed by atoms with Crippen LogP contribution in [0.15, 0.2) is 23.9 Å². The second kappa shape index (κ2) is 9.53. The van der Waals surface area contributed by atoms with Crippen LogP contribution in [-0.4, -0.2) is 58.7 Å².